The lowest BCUT2D eigenvalue weighted by Gasteiger charge is -2.28. The molecule has 0 aliphatic heterocycles. The molecule has 0 spiro atoms. The van der Waals surface area contributed by atoms with Gasteiger partial charge in [0.2, 0.25) is 10.0 Å². The number of amides is 1. The zero-order chi connectivity index (χ0) is 20.1. The Morgan fingerprint density at radius 3 is 2.29 bits per heavy atom. The molecule has 1 saturated carbocycles. The summed E-state index contributed by atoms with van der Waals surface area (Å²) in [5.41, 5.74) is 2.13. The van der Waals surface area contributed by atoms with Crippen LogP contribution in [0.25, 0.3) is 0 Å². The zero-order valence-electron chi connectivity index (χ0n) is 16.4. The van der Waals surface area contributed by atoms with Gasteiger partial charge >= 0.3 is 0 Å². The number of aryl methyl sites for hydroxylation is 1. The lowest BCUT2D eigenvalue weighted by Crippen LogP contribution is -2.38. The molecule has 0 saturated heterocycles. The first-order valence-electron chi connectivity index (χ1n) is 9.86. The van der Waals surface area contributed by atoms with Gasteiger partial charge in [-0.15, -0.1) is 0 Å². The van der Waals surface area contributed by atoms with E-state index < -0.39 is 10.0 Å². The number of carbonyl (C=O) groups is 1. The topological polar surface area (TPSA) is 75.3 Å². The summed E-state index contributed by atoms with van der Waals surface area (Å²) in [6, 6.07) is 13.5. The molecular formula is C22H28N2O3S. The molecule has 2 N–H and O–H groups in total. The molecule has 3 rings (SSSR count). The Balaban J connectivity index is 1.67. The number of anilines is 1. The van der Waals surface area contributed by atoms with Gasteiger partial charge in [0.25, 0.3) is 5.91 Å². The quantitative estimate of drug-likeness (QED) is 0.750. The second kappa shape index (κ2) is 8.88. The van der Waals surface area contributed by atoms with Gasteiger partial charge in [-0.25, -0.2) is 13.1 Å². The van der Waals surface area contributed by atoms with Crippen LogP contribution in [0.5, 0.6) is 0 Å². The van der Waals surface area contributed by atoms with Crippen molar-refractivity contribution in [2.75, 3.05) is 5.32 Å². The van der Waals surface area contributed by atoms with Crippen molar-refractivity contribution in [3.05, 3.63) is 59.7 Å². The van der Waals surface area contributed by atoms with Gasteiger partial charge in [-0.2, -0.15) is 0 Å². The van der Waals surface area contributed by atoms with Crippen LogP contribution >= 0.6 is 0 Å². The van der Waals surface area contributed by atoms with Gasteiger partial charge in [0.1, 0.15) is 0 Å². The van der Waals surface area contributed by atoms with E-state index in [-0.39, 0.29) is 16.8 Å². The van der Waals surface area contributed by atoms with Crippen molar-refractivity contribution in [2.45, 2.75) is 56.9 Å². The first-order valence-corrected chi connectivity index (χ1v) is 11.3. The lowest BCUT2D eigenvalue weighted by molar-refractivity contribution is 0.102. The number of carbonyl (C=O) groups excluding carboxylic acids is 1. The molecule has 2 aromatic rings. The molecule has 1 atom stereocenters. The summed E-state index contributed by atoms with van der Waals surface area (Å²) in [5, 5.41) is 2.86. The summed E-state index contributed by atoms with van der Waals surface area (Å²) in [5.74, 6) is 0.129. The van der Waals surface area contributed by atoms with Crippen molar-refractivity contribution >= 4 is 21.6 Å². The second-order valence-corrected chi connectivity index (χ2v) is 9.32. The summed E-state index contributed by atoms with van der Waals surface area (Å²) in [4.78, 5) is 12.6. The molecule has 1 amide bonds. The van der Waals surface area contributed by atoms with Crippen LogP contribution in [0.4, 0.5) is 5.69 Å². The maximum atomic E-state index is 12.7. The summed E-state index contributed by atoms with van der Waals surface area (Å²) < 4.78 is 28.2. The number of sulfonamides is 1. The Morgan fingerprint density at radius 1 is 1.00 bits per heavy atom. The Hall–Kier alpha value is -2.18. The van der Waals surface area contributed by atoms with Gasteiger partial charge in [-0.3, -0.25) is 4.79 Å². The zero-order valence-corrected chi connectivity index (χ0v) is 17.3. The predicted octanol–water partition coefficient (Wildman–Crippen LogP) is 4.49. The SMILES string of the molecule is Cc1ccccc1NC(=O)c1ccc(S(=O)(=O)NC(C)C2CCCCC2)cc1. The molecule has 0 aromatic heterocycles. The molecule has 1 unspecified atom stereocenters. The molecule has 150 valence electrons. The van der Waals surface area contributed by atoms with Gasteiger partial charge in [0, 0.05) is 17.3 Å². The van der Waals surface area contributed by atoms with E-state index >= 15 is 0 Å². The van der Waals surface area contributed by atoms with Gasteiger partial charge in [-0.1, -0.05) is 37.5 Å². The molecule has 1 fully saturated rings. The molecule has 0 heterocycles. The number of para-hydroxylation sites is 1. The van der Waals surface area contributed by atoms with Crippen LogP contribution < -0.4 is 10.0 Å². The van der Waals surface area contributed by atoms with Crippen molar-refractivity contribution in [1.29, 1.82) is 0 Å². The molecule has 0 bridgehead atoms. The summed E-state index contributed by atoms with van der Waals surface area (Å²) in [7, 11) is -3.60. The van der Waals surface area contributed by atoms with E-state index in [0.29, 0.717) is 11.5 Å². The smallest absolute Gasteiger partial charge is 0.255 e. The number of benzene rings is 2. The van der Waals surface area contributed by atoms with E-state index in [1.807, 2.05) is 38.1 Å². The summed E-state index contributed by atoms with van der Waals surface area (Å²) >= 11 is 0. The van der Waals surface area contributed by atoms with Crippen LogP contribution in [-0.4, -0.2) is 20.4 Å². The fraction of sp³-hybridized carbons (Fsp3) is 0.409. The fourth-order valence-corrected chi connectivity index (χ4v) is 5.05. The van der Waals surface area contributed by atoms with E-state index in [4.69, 9.17) is 0 Å². The third kappa shape index (κ3) is 5.00. The highest BCUT2D eigenvalue weighted by atomic mass is 32.2. The Labute approximate surface area is 167 Å². The van der Waals surface area contributed by atoms with E-state index in [2.05, 4.69) is 10.0 Å². The first-order chi connectivity index (χ1) is 13.4. The first kappa shape index (κ1) is 20.6. The van der Waals surface area contributed by atoms with Crippen LogP contribution in [0.2, 0.25) is 0 Å². The minimum atomic E-state index is -3.60. The van der Waals surface area contributed by atoms with Gasteiger partial charge in [0.15, 0.2) is 0 Å². The molecule has 1 aliphatic carbocycles. The Kier molecular flexibility index (Phi) is 6.52. The van der Waals surface area contributed by atoms with Gasteiger partial charge in [-0.05, 0) is 68.5 Å². The van der Waals surface area contributed by atoms with Gasteiger partial charge in [0.05, 0.1) is 4.90 Å². The number of nitrogens with one attached hydrogen (secondary N) is 2. The van der Waals surface area contributed by atoms with Crippen molar-refractivity contribution < 1.29 is 13.2 Å². The Bertz CT molecular complexity index is 917. The van der Waals surface area contributed by atoms with E-state index in [1.165, 1.54) is 31.4 Å². The number of hydrogen-bond acceptors (Lipinski definition) is 3. The van der Waals surface area contributed by atoms with Gasteiger partial charge < -0.3 is 5.32 Å². The molecule has 28 heavy (non-hydrogen) atoms. The number of rotatable bonds is 6. The van der Waals surface area contributed by atoms with Crippen LogP contribution in [0, 0.1) is 12.8 Å². The average molecular weight is 401 g/mol. The van der Waals surface area contributed by atoms with E-state index in [0.717, 1.165) is 24.1 Å². The summed E-state index contributed by atoms with van der Waals surface area (Å²) in [6.45, 7) is 3.86. The van der Waals surface area contributed by atoms with Crippen molar-refractivity contribution in [3.63, 3.8) is 0 Å². The molecule has 0 radical (unpaired) electrons. The standard InChI is InChI=1S/C22H28N2O3S/c1-16-8-6-7-11-21(16)23-22(25)19-12-14-20(15-13-19)28(26,27)24-17(2)18-9-4-3-5-10-18/h6-8,11-15,17-18,24H,3-5,9-10H2,1-2H3,(H,23,25). The lowest BCUT2D eigenvalue weighted by atomic mass is 9.85. The highest BCUT2D eigenvalue weighted by Crippen LogP contribution is 2.27. The normalized spacial score (nSPS) is 16.5. The monoisotopic (exact) mass is 400 g/mol. The van der Waals surface area contributed by atoms with Crippen molar-refractivity contribution in [3.8, 4) is 0 Å². The predicted molar refractivity (Wildman–Crippen MR) is 112 cm³/mol. The highest BCUT2D eigenvalue weighted by molar-refractivity contribution is 7.89. The maximum Gasteiger partial charge on any atom is 0.255 e. The van der Waals surface area contributed by atoms with Crippen LogP contribution in [0.3, 0.4) is 0 Å². The second-order valence-electron chi connectivity index (χ2n) is 7.60. The minimum absolute atomic E-state index is 0.0886. The molecule has 5 nitrogen and oxygen atoms in total. The molecule has 2 aromatic carbocycles. The molecule has 6 heteroatoms. The fourth-order valence-electron chi connectivity index (χ4n) is 3.74. The van der Waals surface area contributed by atoms with E-state index in [1.54, 1.807) is 12.1 Å². The molecular weight excluding hydrogens is 372 g/mol. The third-order valence-electron chi connectivity index (χ3n) is 5.52. The third-order valence-corrected chi connectivity index (χ3v) is 7.09. The summed E-state index contributed by atoms with van der Waals surface area (Å²) in [6.07, 6.45) is 5.72. The van der Waals surface area contributed by atoms with E-state index in [9.17, 15) is 13.2 Å². The molecule has 1 aliphatic rings. The average Bonchev–Trinajstić information content (AvgIpc) is 2.70. The van der Waals surface area contributed by atoms with Crippen LogP contribution in [-0.2, 0) is 10.0 Å². The van der Waals surface area contributed by atoms with Crippen LogP contribution in [0.15, 0.2) is 53.4 Å². The maximum absolute atomic E-state index is 12.7. The van der Waals surface area contributed by atoms with Crippen molar-refractivity contribution in [1.82, 2.24) is 4.72 Å². The van der Waals surface area contributed by atoms with Crippen LogP contribution in [0.1, 0.15) is 54.9 Å². The minimum Gasteiger partial charge on any atom is -0.322 e. The Morgan fingerprint density at radius 2 is 1.64 bits per heavy atom. The van der Waals surface area contributed by atoms with Crippen molar-refractivity contribution in [2.24, 2.45) is 5.92 Å². The largest absolute Gasteiger partial charge is 0.322 e. The highest BCUT2D eigenvalue weighted by Gasteiger charge is 2.25. The number of hydrogen-bond donors (Lipinski definition) is 2.